The van der Waals surface area contributed by atoms with Crippen molar-refractivity contribution in [3.8, 4) is 22.8 Å². The Morgan fingerprint density at radius 2 is 1.86 bits per heavy atom. The standard InChI is InChI=1S/C17H17N3O2/c1-10-7-13(18)17-19-16(11(2)20(17)9-10)12-3-4-14-15(8-12)22-6-5-21-14/h3-4,7-9H,5-6,18H2,1-2H3. The number of aromatic nitrogens is 2. The van der Waals surface area contributed by atoms with E-state index in [2.05, 4.69) is 6.20 Å². The fourth-order valence-electron chi connectivity index (χ4n) is 2.89. The third-order valence-electron chi connectivity index (χ3n) is 3.94. The Morgan fingerprint density at radius 3 is 2.68 bits per heavy atom. The molecule has 1 aromatic carbocycles. The first-order chi connectivity index (χ1) is 10.6. The van der Waals surface area contributed by atoms with E-state index >= 15 is 0 Å². The van der Waals surface area contributed by atoms with Crippen LogP contribution in [0.25, 0.3) is 16.9 Å². The van der Waals surface area contributed by atoms with Crippen LogP contribution in [0.2, 0.25) is 0 Å². The van der Waals surface area contributed by atoms with Crippen LogP contribution in [0.3, 0.4) is 0 Å². The molecule has 0 spiro atoms. The van der Waals surface area contributed by atoms with E-state index in [4.69, 9.17) is 20.2 Å². The average molecular weight is 295 g/mol. The maximum absolute atomic E-state index is 6.10. The lowest BCUT2D eigenvalue weighted by atomic mass is 10.1. The monoisotopic (exact) mass is 295 g/mol. The molecular weight excluding hydrogens is 278 g/mol. The first kappa shape index (κ1) is 13.0. The van der Waals surface area contributed by atoms with Crippen LogP contribution in [0.1, 0.15) is 11.3 Å². The molecule has 0 aliphatic carbocycles. The molecule has 5 nitrogen and oxygen atoms in total. The summed E-state index contributed by atoms with van der Waals surface area (Å²) in [4.78, 5) is 4.71. The number of pyridine rings is 1. The summed E-state index contributed by atoms with van der Waals surface area (Å²) in [5, 5.41) is 0. The molecule has 0 amide bonds. The molecule has 0 radical (unpaired) electrons. The zero-order valence-electron chi connectivity index (χ0n) is 12.6. The summed E-state index contributed by atoms with van der Waals surface area (Å²) in [6.45, 7) is 5.24. The minimum Gasteiger partial charge on any atom is -0.486 e. The van der Waals surface area contributed by atoms with Crippen LogP contribution in [-0.2, 0) is 0 Å². The molecule has 4 rings (SSSR count). The molecule has 2 aromatic heterocycles. The Morgan fingerprint density at radius 1 is 1.09 bits per heavy atom. The SMILES string of the molecule is Cc1cc(N)c2nc(-c3ccc4c(c3)OCCO4)c(C)n2c1. The highest BCUT2D eigenvalue weighted by atomic mass is 16.6. The van der Waals surface area contributed by atoms with Crippen molar-refractivity contribution in [3.05, 3.63) is 41.7 Å². The van der Waals surface area contributed by atoms with Crippen LogP contribution in [0, 0.1) is 13.8 Å². The third-order valence-corrected chi connectivity index (χ3v) is 3.94. The van der Waals surface area contributed by atoms with Gasteiger partial charge in [-0.2, -0.15) is 0 Å². The summed E-state index contributed by atoms with van der Waals surface area (Å²) >= 11 is 0. The molecule has 1 aliphatic heterocycles. The molecule has 112 valence electrons. The number of aryl methyl sites for hydroxylation is 2. The summed E-state index contributed by atoms with van der Waals surface area (Å²) in [5.41, 5.74) is 11.7. The maximum Gasteiger partial charge on any atom is 0.162 e. The Balaban J connectivity index is 1.91. The zero-order valence-corrected chi connectivity index (χ0v) is 12.6. The Hall–Kier alpha value is -2.69. The molecular formula is C17H17N3O2. The van der Waals surface area contributed by atoms with Crippen molar-refractivity contribution in [2.45, 2.75) is 13.8 Å². The Kier molecular flexibility index (Phi) is 2.76. The van der Waals surface area contributed by atoms with Crippen molar-refractivity contribution >= 4 is 11.3 Å². The van der Waals surface area contributed by atoms with Gasteiger partial charge in [-0.05, 0) is 43.7 Å². The number of nitrogen functional groups attached to an aromatic ring is 1. The molecule has 3 aromatic rings. The van der Waals surface area contributed by atoms with E-state index < -0.39 is 0 Å². The van der Waals surface area contributed by atoms with Crippen LogP contribution in [0.5, 0.6) is 11.5 Å². The lowest BCUT2D eigenvalue weighted by Crippen LogP contribution is -2.15. The van der Waals surface area contributed by atoms with E-state index in [1.54, 1.807) is 0 Å². The van der Waals surface area contributed by atoms with Gasteiger partial charge in [0, 0.05) is 17.5 Å². The number of fused-ring (bicyclic) bond motifs is 2. The Labute approximate surface area is 128 Å². The first-order valence-electron chi connectivity index (χ1n) is 7.28. The summed E-state index contributed by atoms with van der Waals surface area (Å²) in [6, 6.07) is 7.86. The normalized spacial score (nSPS) is 13.5. The summed E-state index contributed by atoms with van der Waals surface area (Å²) in [7, 11) is 0. The smallest absolute Gasteiger partial charge is 0.162 e. The van der Waals surface area contributed by atoms with Gasteiger partial charge in [0.05, 0.1) is 11.4 Å². The lowest BCUT2D eigenvalue weighted by Gasteiger charge is -2.18. The van der Waals surface area contributed by atoms with E-state index in [0.717, 1.165) is 39.7 Å². The molecule has 1 aliphatic rings. The van der Waals surface area contributed by atoms with Gasteiger partial charge in [-0.1, -0.05) is 0 Å². The van der Waals surface area contributed by atoms with E-state index in [0.29, 0.717) is 18.9 Å². The highest BCUT2D eigenvalue weighted by Crippen LogP contribution is 2.35. The van der Waals surface area contributed by atoms with E-state index in [-0.39, 0.29) is 0 Å². The maximum atomic E-state index is 6.10. The number of hydrogen-bond donors (Lipinski definition) is 1. The molecule has 0 saturated carbocycles. The van der Waals surface area contributed by atoms with E-state index in [1.165, 1.54) is 0 Å². The second kappa shape index (κ2) is 4.66. The van der Waals surface area contributed by atoms with E-state index in [9.17, 15) is 0 Å². The van der Waals surface area contributed by atoms with Gasteiger partial charge in [-0.15, -0.1) is 0 Å². The van der Waals surface area contributed by atoms with Crippen molar-refractivity contribution in [1.82, 2.24) is 9.38 Å². The molecule has 2 N–H and O–H groups in total. The topological polar surface area (TPSA) is 61.8 Å². The molecule has 22 heavy (non-hydrogen) atoms. The number of benzene rings is 1. The van der Waals surface area contributed by atoms with Gasteiger partial charge in [-0.25, -0.2) is 4.98 Å². The quantitative estimate of drug-likeness (QED) is 0.749. The number of nitrogens with two attached hydrogens (primary N) is 1. The molecule has 3 heterocycles. The van der Waals surface area contributed by atoms with Crippen LogP contribution in [0.4, 0.5) is 5.69 Å². The summed E-state index contributed by atoms with van der Waals surface area (Å²) in [6.07, 6.45) is 2.05. The molecule has 0 fully saturated rings. The second-order valence-electron chi connectivity index (χ2n) is 5.57. The number of hydrogen-bond acceptors (Lipinski definition) is 4. The largest absolute Gasteiger partial charge is 0.486 e. The molecule has 0 bridgehead atoms. The minimum atomic E-state index is 0.576. The fraction of sp³-hybridized carbons (Fsp3) is 0.235. The second-order valence-corrected chi connectivity index (χ2v) is 5.57. The minimum absolute atomic E-state index is 0.576. The third kappa shape index (κ3) is 1.89. The molecule has 0 saturated heterocycles. The van der Waals surface area contributed by atoms with Gasteiger partial charge >= 0.3 is 0 Å². The van der Waals surface area contributed by atoms with Gasteiger partial charge in [0.25, 0.3) is 0 Å². The lowest BCUT2D eigenvalue weighted by molar-refractivity contribution is 0.171. The van der Waals surface area contributed by atoms with Crippen molar-refractivity contribution in [3.63, 3.8) is 0 Å². The zero-order chi connectivity index (χ0) is 15.3. The van der Waals surface area contributed by atoms with Gasteiger partial charge < -0.3 is 19.6 Å². The average Bonchev–Trinajstić information content (AvgIpc) is 2.84. The van der Waals surface area contributed by atoms with Crippen LogP contribution in [-0.4, -0.2) is 22.6 Å². The number of nitrogens with zero attached hydrogens (tertiary/aromatic N) is 2. The summed E-state index contributed by atoms with van der Waals surface area (Å²) in [5.74, 6) is 1.55. The first-order valence-corrected chi connectivity index (χ1v) is 7.28. The van der Waals surface area contributed by atoms with Crippen LogP contribution < -0.4 is 15.2 Å². The van der Waals surface area contributed by atoms with Gasteiger partial charge in [0.1, 0.15) is 13.2 Å². The van der Waals surface area contributed by atoms with Crippen molar-refractivity contribution in [2.75, 3.05) is 18.9 Å². The predicted octanol–water partition coefficient (Wildman–Crippen LogP) is 2.97. The van der Waals surface area contributed by atoms with Crippen molar-refractivity contribution in [1.29, 1.82) is 0 Å². The molecule has 0 atom stereocenters. The predicted molar refractivity (Wildman–Crippen MR) is 85.5 cm³/mol. The fourth-order valence-corrected chi connectivity index (χ4v) is 2.89. The Bertz CT molecular complexity index is 883. The molecule has 5 heteroatoms. The number of imidazole rings is 1. The van der Waals surface area contributed by atoms with Gasteiger partial charge in [0.15, 0.2) is 17.1 Å². The van der Waals surface area contributed by atoms with Crippen LogP contribution in [0.15, 0.2) is 30.5 Å². The highest BCUT2D eigenvalue weighted by molar-refractivity contribution is 5.75. The number of anilines is 1. The van der Waals surface area contributed by atoms with Crippen LogP contribution >= 0.6 is 0 Å². The highest BCUT2D eigenvalue weighted by Gasteiger charge is 2.17. The molecule has 0 unspecified atom stereocenters. The summed E-state index contributed by atoms with van der Waals surface area (Å²) < 4.78 is 13.3. The van der Waals surface area contributed by atoms with Gasteiger partial charge in [-0.3, -0.25) is 0 Å². The number of rotatable bonds is 1. The van der Waals surface area contributed by atoms with Gasteiger partial charge in [0.2, 0.25) is 0 Å². The number of ether oxygens (including phenoxy) is 2. The van der Waals surface area contributed by atoms with Crippen molar-refractivity contribution < 1.29 is 9.47 Å². The van der Waals surface area contributed by atoms with E-state index in [1.807, 2.05) is 42.5 Å². The van der Waals surface area contributed by atoms with Crippen molar-refractivity contribution in [2.24, 2.45) is 0 Å².